The summed E-state index contributed by atoms with van der Waals surface area (Å²) in [5.41, 5.74) is 0.773. The largest absolute Gasteiger partial charge is 0.467 e. The van der Waals surface area contributed by atoms with Gasteiger partial charge in [0.05, 0.1) is 21.7 Å². The van der Waals surface area contributed by atoms with Gasteiger partial charge < -0.3 is 14.5 Å². The lowest BCUT2D eigenvalue weighted by Gasteiger charge is -2.19. The first-order valence-electron chi connectivity index (χ1n) is 9.48. The summed E-state index contributed by atoms with van der Waals surface area (Å²) in [6.07, 6.45) is 2.04. The molecule has 1 unspecified atom stereocenters. The average Bonchev–Trinajstić information content (AvgIpc) is 3.54. The third-order valence-electron chi connectivity index (χ3n) is 4.56. The third-order valence-corrected chi connectivity index (χ3v) is 6.48. The van der Waals surface area contributed by atoms with Gasteiger partial charge in [0.1, 0.15) is 18.3 Å². The lowest BCUT2D eigenvalue weighted by Crippen LogP contribution is -2.34. The molecule has 0 aromatic carbocycles. The molecule has 4 heterocycles. The zero-order valence-corrected chi connectivity index (χ0v) is 18.2. The number of hydrogen-bond donors (Lipinski definition) is 1. The van der Waals surface area contributed by atoms with Gasteiger partial charge in [-0.25, -0.2) is 5.01 Å². The second-order valence-electron chi connectivity index (χ2n) is 6.75. The van der Waals surface area contributed by atoms with Crippen LogP contribution in [0.1, 0.15) is 37.6 Å². The van der Waals surface area contributed by atoms with Gasteiger partial charge in [-0.15, -0.1) is 22.7 Å². The molecule has 3 aromatic rings. The van der Waals surface area contributed by atoms with Gasteiger partial charge in [0.2, 0.25) is 0 Å². The summed E-state index contributed by atoms with van der Waals surface area (Å²) in [7, 11) is 0. The molecule has 0 spiro atoms. The molecule has 0 bridgehead atoms. The van der Waals surface area contributed by atoms with Crippen LogP contribution in [0.5, 0.6) is 0 Å². The van der Waals surface area contributed by atoms with E-state index in [1.807, 2.05) is 30.5 Å². The summed E-state index contributed by atoms with van der Waals surface area (Å²) >= 11 is 2.87. The molecule has 8 nitrogen and oxygen atoms in total. The topological polar surface area (TPSA) is 101 Å². The van der Waals surface area contributed by atoms with E-state index in [0.717, 1.165) is 15.5 Å². The molecule has 10 heteroatoms. The molecule has 160 valence electrons. The zero-order valence-electron chi connectivity index (χ0n) is 16.6. The fourth-order valence-corrected chi connectivity index (χ4v) is 4.59. The molecular formula is C21H19N3O5S2. The Kier molecular flexibility index (Phi) is 6.28. The molecule has 0 radical (unpaired) electrons. The molecule has 1 aliphatic rings. The first-order valence-corrected chi connectivity index (χ1v) is 11.2. The average molecular weight is 458 g/mol. The number of aryl methyl sites for hydroxylation is 1. The molecule has 1 aliphatic heterocycles. The molecule has 31 heavy (non-hydrogen) atoms. The maximum absolute atomic E-state index is 12.8. The molecule has 2 amide bonds. The van der Waals surface area contributed by atoms with Crippen molar-refractivity contribution in [3.63, 3.8) is 0 Å². The van der Waals surface area contributed by atoms with E-state index in [-0.39, 0.29) is 12.5 Å². The quantitative estimate of drug-likeness (QED) is 0.548. The van der Waals surface area contributed by atoms with Crippen LogP contribution >= 0.6 is 22.7 Å². The van der Waals surface area contributed by atoms with Gasteiger partial charge in [0, 0.05) is 11.3 Å². The molecule has 0 aliphatic carbocycles. The first kappa shape index (κ1) is 21.0. The van der Waals surface area contributed by atoms with Crippen molar-refractivity contribution in [2.24, 2.45) is 5.10 Å². The van der Waals surface area contributed by atoms with Crippen molar-refractivity contribution in [2.75, 3.05) is 13.2 Å². The summed E-state index contributed by atoms with van der Waals surface area (Å²) in [6, 6.07) is 10.5. The zero-order chi connectivity index (χ0) is 21.8. The minimum atomic E-state index is -0.703. The molecule has 1 N–H and O–H groups in total. The number of esters is 1. The maximum Gasteiger partial charge on any atom is 0.325 e. The highest BCUT2D eigenvalue weighted by Crippen LogP contribution is 2.34. The van der Waals surface area contributed by atoms with Crippen molar-refractivity contribution in [1.82, 2.24) is 10.3 Å². The predicted octanol–water partition coefficient (Wildman–Crippen LogP) is 3.36. The third kappa shape index (κ3) is 4.92. The molecule has 3 aromatic heterocycles. The number of rotatable bonds is 7. The Balaban J connectivity index is 1.34. The number of carbonyl (C=O) groups is 3. The summed E-state index contributed by atoms with van der Waals surface area (Å²) in [5.74, 6) is -0.926. The number of hydrazone groups is 1. The number of ether oxygens (including phenoxy) is 1. The summed E-state index contributed by atoms with van der Waals surface area (Å²) in [4.78, 5) is 39.3. The smallest absolute Gasteiger partial charge is 0.325 e. The highest BCUT2D eigenvalue weighted by Gasteiger charge is 2.35. The Hall–Kier alpha value is -3.24. The van der Waals surface area contributed by atoms with Crippen LogP contribution in [0, 0.1) is 6.92 Å². The molecule has 1 atom stereocenters. The molecule has 0 saturated carbocycles. The van der Waals surface area contributed by atoms with E-state index < -0.39 is 24.5 Å². The van der Waals surface area contributed by atoms with Crippen molar-refractivity contribution < 1.29 is 23.5 Å². The molecule has 0 saturated heterocycles. The minimum absolute atomic E-state index is 0.325. The van der Waals surface area contributed by atoms with Crippen molar-refractivity contribution in [3.8, 4) is 0 Å². The first-order chi connectivity index (χ1) is 15.0. The highest BCUT2D eigenvalue weighted by atomic mass is 32.1. The molecule has 4 rings (SSSR count). The maximum atomic E-state index is 12.8. The van der Waals surface area contributed by atoms with Gasteiger partial charge in [-0.1, -0.05) is 6.07 Å². The second-order valence-corrected chi connectivity index (χ2v) is 8.99. The van der Waals surface area contributed by atoms with Crippen LogP contribution < -0.4 is 5.32 Å². The molecule has 0 fully saturated rings. The number of nitrogens with zero attached hydrogens (tertiary/aromatic N) is 2. The Morgan fingerprint density at radius 2 is 2.13 bits per heavy atom. The van der Waals surface area contributed by atoms with Gasteiger partial charge in [-0.2, -0.15) is 5.10 Å². The monoisotopic (exact) mass is 457 g/mol. The van der Waals surface area contributed by atoms with Crippen molar-refractivity contribution in [1.29, 1.82) is 0 Å². The van der Waals surface area contributed by atoms with Crippen LogP contribution in [-0.4, -0.2) is 41.7 Å². The Morgan fingerprint density at radius 3 is 2.81 bits per heavy atom. The van der Waals surface area contributed by atoms with E-state index in [1.54, 1.807) is 24.5 Å². The summed E-state index contributed by atoms with van der Waals surface area (Å²) < 4.78 is 10.5. The van der Waals surface area contributed by atoms with Crippen molar-refractivity contribution in [3.05, 3.63) is 68.4 Å². The number of furan rings is 1. The summed E-state index contributed by atoms with van der Waals surface area (Å²) in [5, 5.41) is 10.2. The van der Waals surface area contributed by atoms with Gasteiger partial charge in [0.15, 0.2) is 6.61 Å². The predicted molar refractivity (Wildman–Crippen MR) is 116 cm³/mol. The van der Waals surface area contributed by atoms with Crippen LogP contribution in [-0.2, 0) is 14.3 Å². The standard InChI is InChI=1S/C21H19N3O5S2/c1-13-6-7-18(31-13)21(27)22-11-20(26)29-12-19(25)24-15(16-4-2-8-28-16)10-14(23-24)17-5-3-9-30-17/h2-9,15H,10-12H2,1H3,(H,22,27). The lowest BCUT2D eigenvalue weighted by molar-refractivity contribution is -0.152. The van der Waals surface area contributed by atoms with E-state index >= 15 is 0 Å². The van der Waals surface area contributed by atoms with Gasteiger partial charge >= 0.3 is 5.97 Å². The number of hydrogen-bond acceptors (Lipinski definition) is 8. The number of thiophene rings is 2. The van der Waals surface area contributed by atoms with E-state index in [9.17, 15) is 14.4 Å². The van der Waals surface area contributed by atoms with Crippen LogP contribution in [0.2, 0.25) is 0 Å². The second kappa shape index (κ2) is 9.27. The van der Waals surface area contributed by atoms with E-state index in [1.165, 1.54) is 27.7 Å². The highest BCUT2D eigenvalue weighted by molar-refractivity contribution is 7.14. The summed E-state index contributed by atoms with van der Waals surface area (Å²) in [6.45, 7) is 1.08. The molecular weight excluding hydrogens is 438 g/mol. The normalized spacial score (nSPS) is 15.6. The number of carbonyl (C=O) groups excluding carboxylic acids is 3. The van der Waals surface area contributed by atoms with E-state index in [4.69, 9.17) is 9.15 Å². The van der Waals surface area contributed by atoms with E-state index in [2.05, 4.69) is 10.4 Å². The minimum Gasteiger partial charge on any atom is -0.467 e. The van der Waals surface area contributed by atoms with Crippen molar-refractivity contribution >= 4 is 46.2 Å². The number of nitrogens with one attached hydrogen (secondary N) is 1. The van der Waals surface area contributed by atoms with Gasteiger partial charge in [-0.3, -0.25) is 14.4 Å². The SMILES string of the molecule is Cc1ccc(C(=O)NCC(=O)OCC(=O)N2N=C(c3cccs3)CC2c2ccco2)s1. The number of amides is 2. The van der Waals surface area contributed by atoms with Crippen LogP contribution in [0.3, 0.4) is 0 Å². The fraction of sp³-hybridized carbons (Fsp3) is 0.238. The van der Waals surface area contributed by atoms with E-state index in [0.29, 0.717) is 17.1 Å². The van der Waals surface area contributed by atoms with Crippen LogP contribution in [0.15, 0.2) is 57.6 Å². The Bertz CT molecular complexity index is 1100. The fourth-order valence-electron chi connectivity index (χ4n) is 3.09. The van der Waals surface area contributed by atoms with Gasteiger partial charge in [-0.05, 0) is 42.6 Å². The lowest BCUT2D eigenvalue weighted by atomic mass is 10.1. The van der Waals surface area contributed by atoms with Crippen LogP contribution in [0.25, 0.3) is 0 Å². The Morgan fingerprint density at radius 1 is 1.26 bits per heavy atom. The van der Waals surface area contributed by atoms with Gasteiger partial charge in [0.25, 0.3) is 11.8 Å². The van der Waals surface area contributed by atoms with Crippen LogP contribution in [0.4, 0.5) is 0 Å². The van der Waals surface area contributed by atoms with Crippen molar-refractivity contribution in [2.45, 2.75) is 19.4 Å². The Labute approximate surface area is 186 Å².